The van der Waals surface area contributed by atoms with Crippen LogP contribution in [0.5, 0.6) is 11.5 Å². The molecule has 2 atom stereocenters. The number of hydrogen-bond donors (Lipinski definition) is 5. The summed E-state index contributed by atoms with van der Waals surface area (Å²) in [5.41, 5.74) is -0.276. The summed E-state index contributed by atoms with van der Waals surface area (Å²) in [5.74, 6) is -2.96. The normalized spacial score (nSPS) is 13.7. The van der Waals surface area contributed by atoms with Crippen molar-refractivity contribution in [3.05, 3.63) is 23.8 Å². The first-order valence-corrected chi connectivity index (χ1v) is 5.06. The fraction of sp³-hybridized carbons (Fsp3) is 0.273. The van der Waals surface area contributed by atoms with E-state index in [2.05, 4.69) is 0 Å². The van der Waals surface area contributed by atoms with E-state index in [1.165, 1.54) is 13.0 Å². The minimum absolute atomic E-state index is 0.248. The first-order valence-electron chi connectivity index (χ1n) is 5.06. The SMILES string of the molecule is C[C@@H](O)[C@H](NC(=O)c1cc(O)ccc1O)C(=O)O. The molecule has 0 bridgehead atoms. The molecule has 0 saturated carbocycles. The Morgan fingerprint density at radius 1 is 1.28 bits per heavy atom. The molecule has 1 amide bonds. The van der Waals surface area contributed by atoms with Gasteiger partial charge in [0, 0.05) is 0 Å². The van der Waals surface area contributed by atoms with Crippen LogP contribution in [0.2, 0.25) is 0 Å². The Hall–Kier alpha value is -2.28. The lowest BCUT2D eigenvalue weighted by atomic mass is 10.1. The van der Waals surface area contributed by atoms with Gasteiger partial charge in [-0.25, -0.2) is 4.79 Å². The van der Waals surface area contributed by atoms with Crippen molar-refractivity contribution in [3.8, 4) is 11.5 Å². The summed E-state index contributed by atoms with van der Waals surface area (Å²) in [6, 6.07) is 1.77. The summed E-state index contributed by atoms with van der Waals surface area (Å²) in [4.78, 5) is 22.5. The number of carboxylic acid groups (broad SMARTS) is 1. The highest BCUT2D eigenvalue weighted by Crippen LogP contribution is 2.21. The number of carboxylic acids is 1. The molecule has 0 aromatic heterocycles. The number of nitrogens with one attached hydrogen (secondary N) is 1. The maximum atomic E-state index is 11.7. The Morgan fingerprint density at radius 3 is 2.39 bits per heavy atom. The third-order valence-electron chi connectivity index (χ3n) is 2.26. The number of phenolic OH excluding ortho intramolecular Hbond substituents is 2. The summed E-state index contributed by atoms with van der Waals surface area (Å²) in [6.07, 6.45) is -1.30. The molecule has 1 aromatic carbocycles. The van der Waals surface area contributed by atoms with Crippen LogP contribution in [0.25, 0.3) is 0 Å². The molecule has 0 fully saturated rings. The number of aromatic hydroxyl groups is 2. The van der Waals surface area contributed by atoms with E-state index in [-0.39, 0.29) is 11.3 Å². The molecule has 0 saturated heterocycles. The highest BCUT2D eigenvalue weighted by Gasteiger charge is 2.26. The Balaban J connectivity index is 2.94. The van der Waals surface area contributed by atoms with Gasteiger partial charge in [-0.15, -0.1) is 0 Å². The van der Waals surface area contributed by atoms with Crippen molar-refractivity contribution in [2.24, 2.45) is 0 Å². The van der Waals surface area contributed by atoms with Gasteiger partial charge in [0.1, 0.15) is 11.5 Å². The van der Waals surface area contributed by atoms with Crippen molar-refractivity contribution in [2.45, 2.75) is 19.1 Å². The Labute approximate surface area is 102 Å². The number of rotatable bonds is 4. The van der Waals surface area contributed by atoms with Crippen molar-refractivity contribution in [1.82, 2.24) is 5.32 Å². The number of carbonyl (C=O) groups is 2. The molecule has 0 aliphatic carbocycles. The molecular weight excluding hydrogens is 242 g/mol. The second-order valence-corrected chi connectivity index (χ2v) is 3.73. The van der Waals surface area contributed by atoms with Gasteiger partial charge in [0.15, 0.2) is 6.04 Å². The van der Waals surface area contributed by atoms with Gasteiger partial charge in [0.25, 0.3) is 5.91 Å². The van der Waals surface area contributed by atoms with Crippen LogP contribution in [-0.4, -0.2) is 44.4 Å². The molecule has 98 valence electrons. The fourth-order valence-corrected chi connectivity index (χ4v) is 1.31. The zero-order valence-corrected chi connectivity index (χ0v) is 9.49. The van der Waals surface area contributed by atoms with Crippen LogP contribution in [-0.2, 0) is 4.79 Å². The molecule has 7 nitrogen and oxygen atoms in total. The summed E-state index contributed by atoms with van der Waals surface area (Å²) in [7, 11) is 0. The van der Waals surface area contributed by atoms with Gasteiger partial charge in [-0.2, -0.15) is 0 Å². The largest absolute Gasteiger partial charge is 0.508 e. The molecule has 0 radical (unpaired) electrons. The Kier molecular flexibility index (Phi) is 4.11. The lowest BCUT2D eigenvalue weighted by Crippen LogP contribution is -2.47. The Bertz CT molecular complexity index is 471. The highest BCUT2D eigenvalue weighted by molar-refractivity contribution is 5.99. The number of benzene rings is 1. The smallest absolute Gasteiger partial charge is 0.328 e. The van der Waals surface area contributed by atoms with Gasteiger partial charge in [-0.05, 0) is 25.1 Å². The van der Waals surface area contributed by atoms with E-state index in [1.54, 1.807) is 0 Å². The van der Waals surface area contributed by atoms with Crippen LogP contribution >= 0.6 is 0 Å². The molecule has 7 heteroatoms. The minimum atomic E-state index is -1.50. The van der Waals surface area contributed by atoms with E-state index < -0.39 is 29.8 Å². The van der Waals surface area contributed by atoms with Crippen molar-refractivity contribution in [2.75, 3.05) is 0 Å². The number of aliphatic hydroxyl groups is 1. The number of aliphatic hydroxyl groups excluding tert-OH is 1. The van der Waals surface area contributed by atoms with Crippen LogP contribution < -0.4 is 5.32 Å². The quantitative estimate of drug-likeness (QED) is 0.468. The number of aliphatic carboxylic acids is 1. The van der Waals surface area contributed by atoms with Crippen molar-refractivity contribution in [3.63, 3.8) is 0 Å². The van der Waals surface area contributed by atoms with E-state index in [4.69, 9.17) is 5.11 Å². The molecule has 0 aliphatic heterocycles. The van der Waals surface area contributed by atoms with E-state index >= 15 is 0 Å². The zero-order chi connectivity index (χ0) is 13.9. The predicted octanol–water partition coefficient (Wildman–Crippen LogP) is -0.338. The molecule has 0 unspecified atom stereocenters. The van der Waals surface area contributed by atoms with Crippen LogP contribution in [0.1, 0.15) is 17.3 Å². The van der Waals surface area contributed by atoms with Gasteiger partial charge in [-0.3, -0.25) is 4.79 Å². The number of carbonyl (C=O) groups excluding carboxylic acids is 1. The van der Waals surface area contributed by atoms with E-state index in [9.17, 15) is 24.9 Å². The van der Waals surface area contributed by atoms with Gasteiger partial charge < -0.3 is 25.7 Å². The topological polar surface area (TPSA) is 127 Å². The molecular formula is C11H13NO6. The van der Waals surface area contributed by atoms with Crippen LogP contribution in [0.3, 0.4) is 0 Å². The van der Waals surface area contributed by atoms with Crippen molar-refractivity contribution in [1.29, 1.82) is 0 Å². The minimum Gasteiger partial charge on any atom is -0.508 e. The summed E-state index contributed by atoms with van der Waals surface area (Å²) in [6.45, 7) is 1.21. The molecule has 0 spiro atoms. The highest BCUT2D eigenvalue weighted by atomic mass is 16.4. The predicted molar refractivity (Wildman–Crippen MR) is 60.3 cm³/mol. The van der Waals surface area contributed by atoms with E-state index in [1.807, 2.05) is 5.32 Å². The summed E-state index contributed by atoms with van der Waals surface area (Å²) < 4.78 is 0. The number of hydrogen-bond acceptors (Lipinski definition) is 5. The van der Waals surface area contributed by atoms with Gasteiger partial charge in [0.2, 0.25) is 0 Å². The van der Waals surface area contributed by atoms with Gasteiger partial charge in [-0.1, -0.05) is 0 Å². The standard InChI is InChI=1S/C11H13NO6/c1-5(13)9(11(17)18)12-10(16)7-4-6(14)2-3-8(7)15/h2-5,9,13-15H,1H3,(H,12,16)(H,17,18)/t5-,9+/m1/s1. The van der Waals surface area contributed by atoms with Gasteiger partial charge >= 0.3 is 5.97 Å². The average Bonchev–Trinajstić information content (AvgIpc) is 2.28. The molecule has 0 heterocycles. The van der Waals surface area contributed by atoms with Crippen molar-refractivity contribution < 1.29 is 30.0 Å². The zero-order valence-electron chi connectivity index (χ0n) is 9.49. The van der Waals surface area contributed by atoms with Gasteiger partial charge in [0.05, 0.1) is 11.7 Å². The third kappa shape index (κ3) is 3.11. The molecule has 1 rings (SSSR count). The summed E-state index contributed by atoms with van der Waals surface area (Å²) in [5, 5.41) is 38.6. The molecule has 1 aromatic rings. The average molecular weight is 255 g/mol. The second kappa shape index (κ2) is 5.37. The molecule has 5 N–H and O–H groups in total. The monoisotopic (exact) mass is 255 g/mol. The van der Waals surface area contributed by atoms with Crippen LogP contribution in [0, 0.1) is 0 Å². The first kappa shape index (κ1) is 13.8. The number of amides is 1. The molecule has 0 aliphatic rings. The Morgan fingerprint density at radius 2 is 1.89 bits per heavy atom. The lowest BCUT2D eigenvalue weighted by molar-refractivity contribution is -0.141. The van der Waals surface area contributed by atoms with E-state index in [0.717, 1.165) is 12.1 Å². The number of phenols is 2. The van der Waals surface area contributed by atoms with E-state index in [0.29, 0.717) is 0 Å². The maximum Gasteiger partial charge on any atom is 0.328 e. The third-order valence-corrected chi connectivity index (χ3v) is 2.26. The first-order chi connectivity index (χ1) is 8.32. The summed E-state index contributed by atoms with van der Waals surface area (Å²) >= 11 is 0. The second-order valence-electron chi connectivity index (χ2n) is 3.73. The van der Waals surface area contributed by atoms with Crippen LogP contribution in [0.4, 0.5) is 0 Å². The molecule has 18 heavy (non-hydrogen) atoms. The fourth-order valence-electron chi connectivity index (χ4n) is 1.31. The lowest BCUT2D eigenvalue weighted by Gasteiger charge is -2.17. The van der Waals surface area contributed by atoms with Crippen molar-refractivity contribution >= 4 is 11.9 Å². The van der Waals surface area contributed by atoms with Crippen LogP contribution in [0.15, 0.2) is 18.2 Å². The maximum absolute atomic E-state index is 11.7.